The SMILES string of the molecule is COC1(CNCC(O)COCc2cccs2)CCOC1. The van der Waals surface area contributed by atoms with Gasteiger partial charge in [-0.3, -0.25) is 0 Å². The molecule has 0 aliphatic carbocycles. The largest absolute Gasteiger partial charge is 0.389 e. The molecule has 1 saturated heterocycles. The van der Waals surface area contributed by atoms with E-state index in [1.165, 1.54) is 4.88 Å². The van der Waals surface area contributed by atoms with Crippen molar-refractivity contribution in [1.29, 1.82) is 0 Å². The first-order valence-corrected chi connectivity index (χ1v) is 7.74. The number of rotatable bonds is 9. The van der Waals surface area contributed by atoms with E-state index >= 15 is 0 Å². The van der Waals surface area contributed by atoms with Crippen molar-refractivity contribution < 1.29 is 19.3 Å². The molecular weight excluding hydrogens is 278 g/mol. The average molecular weight is 301 g/mol. The van der Waals surface area contributed by atoms with Crippen LogP contribution in [0.5, 0.6) is 0 Å². The Morgan fingerprint density at radius 2 is 2.50 bits per heavy atom. The van der Waals surface area contributed by atoms with Gasteiger partial charge in [0.25, 0.3) is 0 Å². The molecule has 2 heterocycles. The van der Waals surface area contributed by atoms with Crippen molar-refractivity contribution in [1.82, 2.24) is 5.32 Å². The predicted molar refractivity (Wildman–Crippen MR) is 78.0 cm³/mol. The normalized spacial score (nSPS) is 24.1. The standard InChI is InChI=1S/C14H23NO4S/c1-17-14(4-5-18-11-14)10-15-7-12(16)8-19-9-13-3-2-6-20-13/h2-3,6,12,15-16H,4-5,7-11H2,1H3. The Hall–Kier alpha value is -0.500. The average Bonchev–Trinajstić information content (AvgIpc) is 3.10. The molecule has 0 saturated carbocycles. The molecule has 2 unspecified atom stereocenters. The van der Waals surface area contributed by atoms with Gasteiger partial charge in [-0.2, -0.15) is 0 Å². The summed E-state index contributed by atoms with van der Waals surface area (Å²) in [5.74, 6) is 0. The van der Waals surface area contributed by atoms with Gasteiger partial charge in [-0.05, 0) is 11.4 Å². The molecular formula is C14H23NO4S. The first kappa shape index (κ1) is 15.9. The van der Waals surface area contributed by atoms with Crippen LogP contribution in [0.4, 0.5) is 0 Å². The lowest BCUT2D eigenvalue weighted by molar-refractivity contribution is -0.0203. The molecule has 20 heavy (non-hydrogen) atoms. The summed E-state index contributed by atoms with van der Waals surface area (Å²) in [6.07, 6.45) is 0.382. The van der Waals surface area contributed by atoms with Crippen LogP contribution in [-0.2, 0) is 20.8 Å². The number of thiophene rings is 1. The van der Waals surface area contributed by atoms with Crippen molar-refractivity contribution in [2.75, 3.05) is 40.0 Å². The van der Waals surface area contributed by atoms with E-state index in [1.807, 2.05) is 17.5 Å². The second kappa shape index (κ2) is 8.07. The molecule has 2 atom stereocenters. The van der Waals surface area contributed by atoms with Crippen LogP contribution in [0.1, 0.15) is 11.3 Å². The van der Waals surface area contributed by atoms with E-state index in [0.717, 1.165) is 13.0 Å². The molecule has 6 heteroatoms. The van der Waals surface area contributed by atoms with E-state index in [9.17, 15) is 5.11 Å². The van der Waals surface area contributed by atoms with Crippen LogP contribution in [0.3, 0.4) is 0 Å². The molecule has 2 N–H and O–H groups in total. The molecule has 0 aromatic carbocycles. The summed E-state index contributed by atoms with van der Waals surface area (Å²) in [4.78, 5) is 1.17. The van der Waals surface area contributed by atoms with Crippen LogP contribution in [-0.4, -0.2) is 56.8 Å². The van der Waals surface area contributed by atoms with Gasteiger partial charge in [0.05, 0.1) is 25.9 Å². The molecule has 1 aliphatic heterocycles. The lowest BCUT2D eigenvalue weighted by Crippen LogP contribution is -2.45. The Kier molecular flexibility index (Phi) is 6.41. The summed E-state index contributed by atoms with van der Waals surface area (Å²) < 4.78 is 16.4. The monoisotopic (exact) mass is 301 g/mol. The molecule has 5 nitrogen and oxygen atoms in total. The second-order valence-electron chi connectivity index (χ2n) is 5.07. The summed E-state index contributed by atoms with van der Waals surface area (Å²) in [6, 6.07) is 4.02. The maximum absolute atomic E-state index is 9.85. The Balaban J connectivity index is 1.56. The quantitative estimate of drug-likeness (QED) is 0.713. The molecule has 0 spiro atoms. The first-order valence-electron chi connectivity index (χ1n) is 6.86. The van der Waals surface area contributed by atoms with Crippen LogP contribution in [0.25, 0.3) is 0 Å². The van der Waals surface area contributed by atoms with Crippen molar-refractivity contribution in [3.63, 3.8) is 0 Å². The molecule has 0 radical (unpaired) electrons. The topological polar surface area (TPSA) is 60.0 Å². The molecule has 1 aliphatic rings. The fraction of sp³-hybridized carbons (Fsp3) is 0.714. The Morgan fingerprint density at radius 3 is 3.15 bits per heavy atom. The lowest BCUT2D eigenvalue weighted by Gasteiger charge is -2.26. The third-order valence-electron chi connectivity index (χ3n) is 3.46. The van der Waals surface area contributed by atoms with Crippen molar-refractivity contribution in [3.8, 4) is 0 Å². The zero-order chi connectivity index (χ0) is 14.3. The highest BCUT2D eigenvalue weighted by molar-refractivity contribution is 7.09. The molecule has 2 rings (SSSR count). The van der Waals surface area contributed by atoms with Crippen molar-refractivity contribution in [3.05, 3.63) is 22.4 Å². The fourth-order valence-corrected chi connectivity index (χ4v) is 2.82. The number of hydrogen-bond acceptors (Lipinski definition) is 6. The number of hydrogen-bond donors (Lipinski definition) is 2. The highest BCUT2D eigenvalue weighted by Crippen LogP contribution is 2.21. The molecule has 1 fully saturated rings. The Labute approximate surface area is 123 Å². The number of aliphatic hydroxyl groups excluding tert-OH is 1. The van der Waals surface area contributed by atoms with Gasteiger partial charge in [0.15, 0.2) is 0 Å². The molecule has 114 valence electrons. The predicted octanol–water partition coefficient (Wildman–Crippen LogP) is 1.02. The minimum Gasteiger partial charge on any atom is -0.389 e. The van der Waals surface area contributed by atoms with Gasteiger partial charge in [-0.15, -0.1) is 11.3 Å². The number of aliphatic hydroxyl groups is 1. The van der Waals surface area contributed by atoms with Crippen molar-refractivity contribution in [2.24, 2.45) is 0 Å². The van der Waals surface area contributed by atoms with Gasteiger partial charge in [0.2, 0.25) is 0 Å². The van der Waals surface area contributed by atoms with Gasteiger partial charge < -0.3 is 24.6 Å². The zero-order valence-corrected chi connectivity index (χ0v) is 12.7. The molecule has 1 aromatic heterocycles. The van der Waals surface area contributed by atoms with Crippen LogP contribution in [0, 0.1) is 0 Å². The number of nitrogens with one attached hydrogen (secondary N) is 1. The Bertz CT molecular complexity index is 365. The van der Waals surface area contributed by atoms with Crippen LogP contribution >= 0.6 is 11.3 Å². The maximum atomic E-state index is 9.85. The van der Waals surface area contributed by atoms with E-state index in [-0.39, 0.29) is 5.60 Å². The summed E-state index contributed by atoms with van der Waals surface area (Å²) in [5.41, 5.74) is -0.239. The summed E-state index contributed by atoms with van der Waals surface area (Å²) in [7, 11) is 1.71. The summed E-state index contributed by atoms with van der Waals surface area (Å²) in [6.45, 7) is 3.43. The Morgan fingerprint density at radius 1 is 1.60 bits per heavy atom. The summed E-state index contributed by atoms with van der Waals surface area (Å²) >= 11 is 1.66. The third-order valence-corrected chi connectivity index (χ3v) is 4.31. The van der Waals surface area contributed by atoms with Gasteiger partial charge in [0, 0.05) is 38.1 Å². The highest BCUT2D eigenvalue weighted by Gasteiger charge is 2.34. The molecule has 0 bridgehead atoms. The summed E-state index contributed by atoms with van der Waals surface area (Å²) in [5, 5.41) is 15.1. The van der Waals surface area contributed by atoms with E-state index in [0.29, 0.717) is 32.9 Å². The van der Waals surface area contributed by atoms with Gasteiger partial charge in [-0.25, -0.2) is 0 Å². The molecule has 1 aromatic rings. The number of ether oxygens (including phenoxy) is 3. The smallest absolute Gasteiger partial charge is 0.106 e. The third kappa shape index (κ3) is 4.80. The lowest BCUT2D eigenvalue weighted by atomic mass is 10.0. The minimum atomic E-state index is -0.508. The van der Waals surface area contributed by atoms with Crippen LogP contribution in [0.2, 0.25) is 0 Å². The van der Waals surface area contributed by atoms with Crippen LogP contribution in [0.15, 0.2) is 17.5 Å². The van der Waals surface area contributed by atoms with Crippen molar-refractivity contribution in [2.45, 2.75) is 24.7 Å². The van der Waals surface area contributed by atoms with E-state index in [1.54, 1.807) is 18.4 Å². The first-order chi connectivity index (χ1) is 9.74. The zero-order valence-electron chi connectivity index (χ0n) is 11.8. The minimum absolute atomic E-state index is 0.239. The van der Waals surface area contributed by atoms with Crippen molar-refractivity contribution >= 4 is 11.3 Å². The van der Waals surface area contributed by atoms with Crippen LogP contribution < -0.4 is 5.32 Å². The van der Waals surface area contributed by atoms with Gasteiger partial charge >= 0.3 is 0 Å². The fourth-order valence-electron chi connectivity index (χ4n) is 2.18. The second-order valence-corrected chi connectivity index (χ2v) is 6.10. The van der Waals surface area contributed by atoms with E-state index in [4.69, 9.17) is 14.2 Å². The van der Waals surface area contributed by atoms with Gasteiger partial charge in [-0.1, -0.05) is 6.07 Å². The molecule has 0 amide bonds. The highest BCUT2D eigenvalue weighted by atomic mass is 32.1. The number of methoxy groups -OCH3 is 1. The van der Waals surface area contributed by atoms with E-state index in [2.05, 4.69) is 5.32 Å². The van der Waals surface area contributed by atoms with Gasteiger partial charge in [0.1, 0.15) is 5.60 Å². The van der Waals surface area contributed by atoms with E-state index < -0.39 is 6.10 Å². The maximum Gasteiger partial charge on any atom is 0.106 e.